The van der Waals surface area contributed by atoms with Gasteiger partial charge in [0.05, 0.1) is 20.1 Å². The molecule has 6 heteroatoms. The molecule has 0 aliphatic heterocycles. The van der Waals surface area contributed by atoms with Gasteiger partial charge in [-0.1, -0.05) is 12.1 Å². The molecule has 24 heavy (non-hydrogen) atoms. The molecule has 0 aliphatic carbocycles. The minimum Gasteiger partial charge on any atom is -0.494 e. The average Bonchev–Trinajstić information content (AvgIpc) is 2.61. The van der Waals surface area contributed by atoms with Gasteiger partial charge in [0, 0.05) is 25.8 Å². The first kappa shape index (κ1) is 19.7. The van der Waals surface area contributed by atoms with E-state index in [1.54, 1.807) is 6.08 Å². The van der Waals surface area contributed by atoms with E-state index in [1.807, 2.05) is 31.2 Å². The van der Waals surface area contributed by atoms with Crippen molar-refractivity contribution in [3.05, 3.63) is 35.9 Å². The molecular formula is C18H25NO5. The smallest absolute Gasteiger partial charge is 0.307 e. The van der Waals surface area contributed by atoms with Gasteiger partial charge in [0.2, 0.25) is 5.91 Å². The summed E-state index contributed by atoms with van der Waals surface area (Å²) in [6.45, 7) is 3.17. The van der Waals surface area contributed by atoms with E-state index in [2.05, 4.69) is 4.74 Å². The Morgan fingerprint density at radius 1 is 1.21 bits per heavy atom. The van der Waals surface area contributed by atoms with Crippen LogP contribution in [-0.4, -0.2) is 55.3 Å². The van der Waals surface area contributed by atoms with Crippen molar-refractivity contribution < 1.29 is 24.2 Å². The topological polar surface area (TPSA) is 76.1 Å². The summed E-state index contributed by atoms with van der Waals surface area (Å²) in [5, 5.41) is 8.94. The molecule has 0 aromatic heterocycles. The van der Waals surface area contributed by atoms with E-state index >= 15 is 0 Å². The lowest BCUT2D eigenvalue weighted by Gasteiger charge is -2.20. The molecule has 0 bridgehead atoms. The summed E-state index contributed by atoms with van der Waals surface area (Å²) in [5.74, 6) is 0.206. The van der Waals surface area contributed by atoms with Crippen molar-refractivity contribution >= 4 is 18.0 Å². The summed E-state index contributed by atoms with van der Waals surface area (Å²) >= 11 is 0. The highest BCUT2D eigenvalue weighted by molar-refractivity contribution is 5.92. The number of carbonyl (C=O) groups excluding carboxylic acids is 2. The van der Waals surface area contributed by atoms with Crippen molar-refractivity contribution in [3.63, 3.8) is 0 Å². The lowest BCUT2D eigenvalue weighted by molar-refractivity contribution is -0.141. The summed E-state index contributed by atoms with van der Waals surface area (Å²) in [6.07, 6.45) is 3.76. The molecule has 0 heterocycles. The molecule has 0 fully saturated rings. The first-order chi connectivity index (χ1) is 11.6. The molecule has 1 amide bonds. The maximum atomic E-state index is 12.3. The van der Waals surface area contributed by atoms with Gasteiger partial charge in [0.15, 0.2) is 0 Å². The summed E-state index contributed by atoms with van der Waals surface area (Å²) in [7, 11) is 1.31. The number of rotatable bonds is 10. The summed E-state index contributed by atoms with van der Waals surface area (Å²) in [5.41, 5.74) is 0.877. The molecule has 0 saturated heterocycles. The molecule has 1 aromatic carbocycles. The number of esters is 1. The van der Waals surface area contributed by atoms with Gasteiger partial charge < -0.3 is 19.5 Å². The number of ether oxygens (including phenoxy) is 2. The zero-order valence-corrected chi connectivity index (χ0v) is 14.2. The molecule has 132 valence electrons. The minimum atomic E-state index is -0.368. The number of benzene rings is 1. The van der Waals surface area contributed by atoms with Crippen molar-refractivity contribution in [1.29, 1.82) is 0 Å². The number of hydrogen-bond acceptors (Lipinski definition) is 5. The largest absolute Gasteiger partial charge is 0.494 e. The number of aliphatic hydroxyl groups is 1. The van der Waals surface area contributed by atoms with E-state index in [4.69, 9.17) is 9.84 Å². The van der Waals surface area contributed by atoms with E-state index in [0.717, 1.165) is 11.3 Å². The van der Waals surface area contributed by atoms with Gasteiger partial charge in [-0.2, -0.15) is 0 Å². The Balaban J connectivity index is 2.65. The van der Waals surface area contributed by atoms with Crippen LogP contribution < -0.4 is 4.74 Å². The van der Waals surface area contributed by atoms with Crippen LogP contribution in [0.5, 0.6) is 5.75 Å². The van der Waals surface area contributed by atoms with Crippen molar-refractivity contribution in [1.82, 2.24) is 4.90 Å². The fourth-order valence-corrected chi connectivity index (χ4v) is 2.04. The van der Waals surface area contributed by atoms with Crippen LogP contribution in [0, 0.1) is 0 Å². The van der Waals surface area contributed by atoms with Gasteiger partial charge in [-0.05, 0) is 37.1 Å². The van der Waals surface area contributed by atoms with Crippen molar-refractivity contribution in [3.8, 4) is 5.75 Å². The molecule has 1 N–H and O–H groups in total. The van der Waals surface area contributed by atoms with Gasteiger partial charge in [-0.25, -0.2) is 0 Å². The maximum Gasteiger partial charge on any atom is 0.307 e. The second kappa shape index (κ2) is 11.2. The van der Waals surface area contributed by atoms with Crippen LogP contribution in [0.15, 0.2) is 30.3 Å². The molecule has 0 spiro atoms. The number of methoxy groups -OCH3 is 1. The van der Waals surface area contributed by atoms with Crippen LogP contribution in [-0.2, 0) is 14.3 Å². The fraction of sp³-hybridized carbons (Fsp3) is 0.444. The minimum absolute atomic E-state index is 0.00932. The molecule has 0 radical (unpaired) electrons. The van der Waals surface area contributed by atoms with E-state index in [0.29, 0.717) is 19.6 Å². The zero-order chi connectivity index (χ0) is 17.8. The summed E-state index contributed by atoms with van der Waals surface area (Å²) < 4.78 is 9.96. The van der Waals surface area contributed by atoms with Crippen LogP contribution in [0.25, 0.3) is 6.08 Å². The Morgan fingerprint density at radius 3 is 2.50 bits per heavy atom. The lowest BCUT2D eigenvalue weighted by Crippen LogP contribution is -2.33. The standard InChI is InChI=1S/C18H25NO5/c1-3-24-16-8-5-15(6-9-16)7-10-17(21)19(12-4-14-20)13-11-18(22)23-2/h5-10,20H,3-4,11-14H2,1-2H3/b10-7+. The lowest BCUT2D eigenvalue weighted by atomic mass is 10.2. The molecule has 1 rings (SSSR count). The van der Waals surface area contributed by atoms with Gasteiger partial charge in [-0.15, -0.1) is 0 Å². The van der Waals surface area contributed by atoms with E-state index in [9.17, 15) is 9.59 Å². The first-order valence-corrected chi connectivity index (χ1v) is 7.98. The number of nitrogens with zero attached hydrogens (tertiary/aromatic N) is 1. The SMILES string of the molecule is CCOc1ccc(/C=C/C(=O)N(CCCO)CCC(=O)OC)cc1. The first-order valence-electron chi connectivity index (χ1n) is 7.98. The van der Waals surface area contributed by atoms with Crippen LogP contribution in [0.1, 0.15) is 25.3 Å². The molecule has 0 aliphatic rings. The van der Waals surface area contributed by atoms with E-state index < -0.39 is 0 Å². The van der Waals surface area contributed by atoms with Gasteiger partial charge in [0.1, 0.15) is 5.75 Å². The van der Waals surface area contributed by atoms with Gasteiger partial charge in [-0.3, -0.25) is 9.59 Å². The Kier molecular flexibility index (Phi) is 9.23. The van der Waals surface area contributed by atoms with Crippen LogP contribution in [0.4, 0.5) is 0 Å². The highest BCUT2D eigenvalue weighted by Gasteiger charge is 2.12. The highest BCUT2D eigenvalue weighted by Crippen LogP contribution is 2.13. The second-order valence-corrected chi connectivity index (χ2v) is 5.06. The molecule has 1 aromatic rings. The van der Waals surface area contributed by atoms with E-state index in [1.165, 1.54) is 18.1 Å². The third-order valence-electron chi connectivity index (χ3n) is 3.32. The number of hydrogen-bond donors (Lipinski definition) is 1. The van der Waals surface area contributed by atoms with E-state index in [-0.39, 0.29) is 31.4 Å². The Labute approximate surface area is 142 Å². The maximum absolute atomic E-state index is 12.3. The number of carbonyl (C=O) groups is 2. The van der Waals surface area contributed by atoms with Crippen molar-refractivity contribution in [2.75, 3.05) is 33.4 Å². The van der Waals surface area contributed by atoms with Crippen LogP contribution in [0.2, 0.25) is 0 Å². The Bertz CT molecular complexity index is 539. The second-order valence-electron chi connectivity index (χ2n) is 5.06. The van der Waals surface area contributed by atoms with Crippen molar-refractivity contribution in [2.24, 2.45) is 0 Å². The molecule has 0 unspecified atom stereocenters. The quantitative estimate of drug-likeness (QED) is 0.522. The Hall–Kier alpha value is -2.34. The molecular weight excluding hydrogens is 310 g/mol. The highest BCUT2D eigenvalue weighted by atomic mass is 16.5. The van der Waals surface area contributed by atoms with Crippen LogP contribution >= 0.6 is 0 Å². The summed E-state index contributed by atoms with van der Waals surface area (Å²) in [4.78, 5) is 25.0. The van der Waals surface area contributed by atoms with Crippen LogP contribution in [0.3, 0.4) is 0 Å². The fourth-order valence-electron chi connectivity index (χ4n) is 2.04. The predicted molar refractivity (Wildman–Crippen MR) is 91.6 cm³/mol. The monoisotopic (exact) mass is 335 g/mol. The average molecular weight is 335 g/mol. The predicted octanol–water partition coefficient (Wildman–Crippen LogP) is 1.87. The molecule has 0 atom stereocenters. The zero-order valence-electron chi connectivity index (χ0n) is 14.2. The Morgan fingerprint density at radius 2 is 1.92 bits per heavy atom. The molecule has 0 saturated carbocycles. The summed E-state index contributed by atoms with van der Waals surface area (Å²) in [6, 6.07) is 7.41. The van der Waals surface area contributed by atoms with Gasteiger partial charge >= 0.3 is 5.97 Å². The normalized spacial score (nSPS) is 10.6. The van der Waals surface area contributed by atoms with Gasteiger partial charge in [0.25, 0.3) is 0 Å². The third kappa shape index (κ3) is 7.28. The molecule has 6 nitrogen and oxygen atoms in total. The van der Waals surface area contributed by atoms with Crippen molar-refractivity contribution in [2.45, 2.75) is 19.8 Å². The number of amides is 1. The third-order valence-corrected chi connectivity index (χ3v) is 3.32. The number of aliphatic hydroxyl groups excluding tert-OH is 1.